The third-order valence-corrected chi connectivity index (χ3v) is 6.93. The second-order valence-electron chi connectivity index (χ2n) is 7.62. The van der Waals surface area contributed by atoms with E-state index in [-0.39, 0.29) is 5.91 Å². The molecule has 1 aromatic heterocycles. The number of halogens is 1. The summed E-state index contributed by atoms with van der Waals surface area (Å²) in [6, 6.07) is 6.08. The lowest BCUT2D eigenvalue weighted by Gasteiger charge is -2.12. The molecule has 1 aliphatic rings. The van der Waals surface area contributed by atoms with Crippen LogP contribution in [0.2, 0.25) is 0 Å². The van der Waals surface area contributed by atoms with E-state index in [1.165, 1.54) is 21.8 Å². The van der Waals surface area contributed by atoms with E-state index in [9.17, 15) is 9.59 Å². The Bertz CT molecular complexity index is 908. The van der Waals surface area contributed by atoms with Gasteiger partial charge in [0, 0.05) is 11.3 Å². The minimum atomic E-state index is -0.460. The molecule has 0 fully saturated rings. The van der Waals surface area contributed by atoms with Gasteiger partial charge in [0.05, 0.1) is 16.6 Å². The summed E-state index contributed by atoms with van der Waals surface area (Å²) in [5, 5.41) is 3.49. The maximum absolute atomic E-state index is 12.4. The summed E-state index contributed by atoms with van der Waals surface area (Å²) in [5.41, 5.74) is 8.36. The van der Waals surface area contributed by atoms with E-state index in [1.54, 1.807) is 0 Å². The molecule has 0 bridgehead atoms. The van der Waals surface area contributed by atoms with E-state index < -0.39 is 5.91 Å². The van der Waals surface area contributed by atoms with Gasteiger partial charge in [0.15, 0.2) is 0 Å². The van der Waals surface area contributed by atoms with Crippen LogP contribution >= 0.6 is 27.3 Å². The number of fused-ring (bicyclic) bond motifs is 1. The minimum Gasteiger partial charge on any atom is -0.492 e. The number of benzene rings is 1. The normalized spacial score (nSPS) is 13.2. The molecule has 7 heteroatoms. The lowest BCUT2D eigenvalue weighted by molar-refractivity contribution is -0.116. The molecule has 2 aromatic rings. The third-order valence-electron chi connectivity index (χ3n) is 5.10. The maximum atomic E-state index is 12.4. The summed E-state index contributed by atoms with van der Waals surface area (Å²) >= 11 is 5.03. The first-order valence-electron chi connectivity index (χ1n) is 10.0. The SMILES string of the molecule is CC(C)c1ccc(OCCCC(=O)Nc2sc3c(c2C(N)=O)CCCC3)c(Br)c1. The van der Waals surface area contributed by atoms with Crippen molar-refractivity contribution in [3.8, 4) is 5.75 Å². The Hall–Kier alpha value is -1.86. The molecule has 0 unspecified atom stereocenters. The fourth-order valence-electron chi connectivity index (χ4n) is 3.51. The van der Waals surface area contributed by atoms with Gasteiger partial charge >= 0.3 is 0 Å². The highest BCUT2D eigenvalue weighted by Gasteiger charge is 2.24. The Balaban J connectivity index is 1.52. The summed E-state index contributed by atoms with van der Waals surface area (Å²) in [4.78, 5) is 25.5. The topological polar surface area (TPSA) is 81.4 Å². The van der Waals surface area contributed by atoms with Gasteiger partial charge < -0.3 is 15.8 Å². The third kappa shape index (κ3) is 5.39. The van der Waals surface area contributed by atoms with Gasteiger partial charge in [0.2, 0.25) is 5.91 Å². The zero-order valence-corrected chi connectivity index (χ0v) is 19.2. The number of anilines is 1. The number of rotatable bonds is 8. The van der Waals surface area contributed by atoms with Crippen molar-refractivity contribution in [1.29, 1.82) is 0 Å². The average molecular weight is 479 g/mol. The van der Waals surface area contributed by atoms with E-state index in [2.05, 4.69) is 47.2 Å². The van der Waals surface area contributed by atoms with Gasteiger partial charge in [0.1, 0.15) is 10.8 Å². The quantitative estimate of drug-likeness (QED) is 0.497. The molecule has 3 rings (SSSR count). The van der Waals surface area contributed by atoms with Crippen molar-refractivity contribution in [1.82, 2.24) is 0 Å². The summed E-state index contributed by atoms with van der Waals surface area (Å²) in [6.45, 7) is 4.74. The highest BCUT2D eigenvalue weighted by molar-refractivity contribution is 9.10. The van der Waals surface area contributed by atoms with Crippen molar-refractivity contribution in [3.05, 3.63) is 44.2 Å². The first-order valence-corrected chi connectivity index (χ1v) is 11.6. The molecule has 0 aliphatic heterocycles. The molecular weight excluding hydrogens is 452 g/mol. The number of amides is 2. The molecular formula is C22H27BrN2O3S. The molecule has 0 saturated heterocycles. The monoisotopic (exact) mass is 478 g/mol. The highest BCUT2D eigenvalue weighted by atomic mass is 79.9. The predicted octanol–water partition coefficient (Wildman–Crippen LogP) is 5.41. The molecule has 29 heavy (non-hydrogen) atoms. The number of ether oxygens (including phenoxy) is 1. The van der Waals surface area contributed by atoms with Crippen molar-refractivity contribution < 1.29 is 14.3 Å². The van der Waals surface area contributed by atoms with Crippen molar-refractivity contribution in [2.75, 3.05) is 11.9 Å². The second kappa shape index (κ2) is 9.76. The molecule has 0 atom stereocenters. The number of thiophene rings is 1. The summed E-state index contributed by atoms with van der Waals surface area (Å²) in [6.07, 6.45) is 4.89. The molecule has 0 spiro atoms. The predicted molar refractivity (Wildman–Crippen MR) is 121 cm³/mol. The molecule has 5 nitrogen and oxygen atoms in total. The van der Waals surface area contributed by atoms with E-state index in [0.29, 0.717) is 35.9 Å². The molecule has 1 heterocycles. The Morgan fingerprint density at radius 1 is 1.28 bits per heavy atom. The van der Waals surface area contributed by atoms with Crippen molar-refractivity contribution >= 4 is 44.1 Å². The fourth-order valence-corrected chi connectivity index (χ4v) is 5.33. The number of carbonyl (C=O) groups excluding carboxylic acids is 2. The van der Waals surface area contributed by atoms with Gasteiger partial charge in [0.25, 0.3) is 5.91 Å². The zero-order chi connectivity index (χ0) is 21.0. The smallest absolute Gasteiger partial charge is 0.251 e. The Morgan fingerprint density at radius 2 is 2.03 bits per heavy atom. The molecule has 3 N–H and O–H groups in total. The molecule has 156 valence electrons. The number of aryl methyl sites for hydroxylation is 1. The molecule has 1 aromatic carbocycles. The number of primary amides is 1. The van der Waals surface area contributed by atoms with Crippen LogP contribution < -0.4 is 15.8 Å². The lowest BCUT2D eigenvalue weighted by atomic mass is 9.95. The van der Waals surface area contributed by atoms with Crippen LogP contribution in [-0.2, 0) is 17.6 Å². The van der Waals surface area contributed by atoms with Gasteiger partial charge in [-0.1, -0.05) is 19.9 Å². The number of hydrogen-bond donors (Lipinski definition) is 2. The number of nitrogens with one attached hydrogen (secondary N) is 1. The molecule has 2 amide bonds. The van der Waals surface area contributed by atoms with E-state index in [4.69, 9.17) is 10.5 Å². The zero-order valence-electron chi connectivity index (χ0n) is 16.8. The van der Waals surface area contributed by atoms with Crippen LogP contribution in [0.1, 0.15) is 71.8 Å². The minimum absolute atomic E-state index is 0.121. The first-order chi connectivity index (χ1) is 13.9. The van der Waals surface area contributed by atoms with E-state index in [1.807, 2.05) is 6.07 Å². The van der Waals surface area contributed by atoms with Crippen molar-refractivity contribution in [3.63, 3.8) is 0 Å². The summed E-state index contributed by atoms with van der Waals surface area (Å²) < 4.78 is 6.72. The summed E-state index contributed by atoms with van der Waals surface area (Å²) in [7, 11) is 0. The van der Waals surface area contributed by atoms with Crippen LogP contribution in [0.25, 0.3) is 0 Å². The van der Waals surface area contributed by atoms with Gasteiger partial charge in [-0.3, -0.25) is 9.59 Å². The van der Waals surface area contributed by atoms with Crippen LogP contribution in [-0.4, -0.2) is 18.4 Å². The van der Waals surface area contributed by atoms with Gasteiger partial charge in [-0.2, -0.15) is 0 Å². The van der Waals surface area contributed by atoms with Crippen molar-refractivity contribution in [2.24, 2.45) is 5.73 Å². The van der Waals surface area contributed by atoms with E-state index >= 15 is 0 Å². The Kier molecular flexibility index (Phi) is 7.35. The number of carbonyl (C=O) groups is 2. The average Bonchev–Trinajstić information content (AvgIpc) is 3.03. The largest absolute Gasteiger partial charge is 0.492 e. The molecule has 1 aliphatic carbocycles. The Morgan fingerprint density at radius 3 is 2.72 bits per heavy atom. The maximum Gasteiger partial charge on any atom is 0.251 e. The highest BCUT2D eigenvalue weighted by Crippen LogP contribution is 2.38. The van der Waals surface area contributed by atoms with Gasteiger partial charge in [-0.15, -0.1) is 11.3 Å². The molecule has 0 radical (unpaired) electrons. The van der Waals surface area contributed by atoms with Crippen LogP contribution in [0, 0.1) is 0 Å². The second-order valence-corrected chi connectivity index (χ2v) is 9.58. The van der Waals surface area contributed by atoms with Crippen molar-refractivity contribution in [2.45, 2.75) is 58.3 Å². The Labute approximate surface area is 184 Å². The van der Waals surface area contributed by atoms with Gasteiger partial charge in [-0.25, -0.2) is 0 Å². The number of nitrogens with two attached hydrogens (primary N) is 1. The molecule has 0 saturated carbocycles. The standard InChI is InChI=1S/C22H27BrN2O3S/c1-13(2)14-9-10-17(16(23)12-14)28-11-5-8-19(26)25-22-20(21(24)27)15-6-3-4-7-18(15)29-22/h9-10,12-13H,3-8,11H2,1-2H3,(H2,24,27)(H,25,26). The van der Waals surface area contributed by atoms with Crippen LogP contribution in [0.3, 0.4) is 0 Å². The van der Waals surface area contributed by atoms with Crippen LogP contribution in [0.5, 0.6) is 5.75 Å². The van der Waals surface area contributed by atoms with Crippen LogP contribution in [0.15, 0.2) is 22.7 Å². The van der Waals surface area contributed by atoms with Gasteiger partial charge in [-0.05, 0) is 77.2 Å². The van der Waals surface area contributed by atoms with Crippen LogP contribution in [0.4, 0.5) is 5.00 Å². The fraction of sp³-hybridized carbons (Fsp3) is 0.455. The lowest BCUT2D eigenvalue weighted by Crippen LogP contribution is -2.18. The first kappa shape index (κ1) is 21.8. The van der Waals surface area contributed by atoms with E-state index in [0.717, 1.165) is 41.5 Å². The summed E-state index contributed by atoms with van der Waals surface area (Å²) in [5.74, 6) is 0.649. The number of hydrogen-bond acceptors (Lipinski definition) is 4.